The van der Waals surface area contributed by atoms with E-state index in [1.165, 1.54) is 0 Å². The molecule has 1 N–H and O–H groups in total. The number of pyridine rings is 1. The number of nitrogens with one attached hydrogen (secondary N) is 1. The van der Waals surface area contributed by atoms with Gasteiger partial charge in [-0.25, -0.2) is 5.32 Å². The summed E-state index contributed by atoms with van der Waals surface area (Å²) < 4.78 is 1.88. The van der Waals surface area contributed by atoms with E-state index in [1.807, 2.05) is 73.5 Å². The lowest BCUT2D eigenvalue weighted by Gasteiger charge is -2.11. The maximum absolute atomic E-state index is 5.35. The van der Waals surface area contributed by atoms with E-state index in [-0.39, 0.29) is 0 Å². The van der Waals surface area contributed by atoms with E-state index in [4.69, 9.17) is 12.2 Å². The van der Waals surface area contributed by atoms with E-state index in [1.54, 1.807) is 0 Å². The zero-order chi connectivity index (χ0) is 13.0. The van der Waals surface area contributed by atoms with Crippen molar-refractivity contribution in [3.05, 3.63) is 54.9 Å². The minimum Gasteiger partial charge on any atom is -0.377 e. The predicted octanol–water partition coefficient (Wildman–Crippen LogP) is 2.29. The molecule has 4 heteroatoms. The Morgan fingerprint density at radius 2 is 1.67 bits per heavy atom. The lowest BCUT2D eigenvalue weighted by Crippen LogP contribution is -2.45. The van der Waals surface area contributed by atoms with Crippen LogP contribution < -0.4 is 14.8 Å². The molecule has 1 aromatic carbocycles. The molecule has 2 rings (SSSR count). The molecular weight excluding hydrogens is 242 g/mol. The van der Waals surface area contributed by atoms with Gasteiger partial charge in [-0.15, -0.1) is 0 Å². The van der Waals surface area contributed by atoms with Gasteiger partial charge in [-0.05, 0) is 12.1 Å². The first-order valence-electron chi connectivity index (χ1n) is 5.72. The fraction of sp³-hybridized carbons (Fsp3) is 0.143. The van der Waals surface area contributed by atoms with Crippen LogP contribution >= 0.6 is 12.2 Å². The molecule has 0 fully saturated rings. The van der Waals surface area contributed by atoms with Crippen molar-refractivity contribution < 1.29 is 4.57 Å². The second-order valence-corrected chi connectivity index (χ2v) is 4.54. The summed E-state index contributed by atoms with van der Waals surface area (Å²) in [6, 6.07) is 14.0. The molecule has 0 saturated carbocycles. The number of aromatic nitrogens is 1. The van der Waals surface area contributed by atoms with E-state index in [2.05, 4.69) is 10.2 Å². The summed E-state index contributed by atoms with van der Waals surface area (Å²) in [6.07, 6.45) is 3.90. The van der Waals surface area contributed by atoms with E-state index in [9.17, 15) is 0 Å². The third-order valence-electron chi connectivity index (χ3n) is 2.59. The second kappa shape index (κ2) is 5.60. The minimum absolute atomic E-state index is 0.659. The molecule has 0 bridgehead atoms. The highest BCUT2D eigenvalue weighted by Crippen LogP contribution is 2.07. The molecule has 0 unspecified atom stereocenters. The van der Waals surface area contributed by atoms with Crippen molar-refractivity contribution >= 4 is 28.7 Å². The highest BCUT2D eigenvalue weighted by Gasteiger charge is 2.08. The van der Waals surface area contributed by atoms with Gasteiger partial charge >= 0.3 is 5.11 Å². The third kappa shape index (κ3) is 3.05. The highest BCUT2D eigenvalue weighted by molar-refractivity contribution is 7.80. The highest BCUT2D eigenvalue weighted by atomic mass is 32.1. The number of para-hydroxylation sites is 1. The van der Waals surface area contributed by atoms with Crippen LogP contribution in [0.25, 0.3) is 0 Å². The van der Waals surface area contributed by atoms with Crippen LogP contribution in [0.4, 0.5) is 11.4 Å². The van der Waals surface area contributed by atoms with E-state index >= 15 is 0 Å². The van der Waals surface area contributed by atoms with E-state index in [0.29, 0.717) is 5.11 Å². The topological polar surface area (TPSA) is 19.1 Å². The molecule has 0 saturated heterocycles. The quantitative estimate of drug-likeness (QED) is 0.659. The number of anilines is 2. The summed E-state index contributed by atoms with van der Waals surface area (Å²) in [7, 11) is 4.03. The largest absolute Gasteiger partial charge is 0.377 e. The third-order valence-corrected chi connectivity index (χ3v) is 2.90. The van der Waals surface area contributed by atoms with E-state index in [0.717, 1.165) is 11.4 Å². The predicted molar refractivity (Wildman–Crippen MR) is 79.0 cm³/mol. The molecule has 0 amide bonds. The van der Waals surface area contributed by atoms with Gasteiger partial charge in [-0.3, -0.25) is 0 Å². The van der Waals surface area contributed by atoms with Gasteiger partial charge in [0.15, 0.2) is 0 Å². The zero-order valence-electron chi connectivity index (χ0n) is 10.5. The molecule has 0 aliphatic rings. The van der Waals surface area contributed by atoms with Crippen molar-refractivity contribution in [1.29, 1.82) is 0 Å². The minimum atomic E-state index is 0.659. The molecule has 0 aliphatic heterocycles. The van der Waals surface area contributed by atoms with Crippen LogP contribution in [0.15, 0.2) is 54.9 Å². The number of hydrogen-bond acceptors (Lipinski definition) is 2. The smallest absolute Gasteiger partial charge is 0.353 e. The Labute approximate surface area is 113 Å². The first kappa shape index (κ1) is 12.5. The van der Waals surface area contributed by atoms with Gasteiger partial charge in [0.25, 0.3) is 0 Å². The molecular formula is C14H16N3S+. The Bertz CT molecular complexity index is 520. The fourth-order valence-corrected chi connectivity index (χ4v) is 1.80. The van der Waals surface area contributed by atoms with Crippen LogP contribution in [0.2, 0.25) is 0 Å². The molecule has 18 heavy (non-hydrogen) atoms. The lowest BCUT2D eigenvalue weighted by molar-refractivity contribution is -0.551. The van der Waals surface area contributed by atoms with Crippen LogP contribution in [-0.2, 0) is 0 Å². The summed E-state index contributed by atoms with van der Waals surface area (Å²) >= 11 is 5.35. The van der Waals surface area contributed by atoms with Crippen molar-refractivity contribution in [2.75, 3.05) is 24.3 Å². The summed E-state index contributed by atoms with van der Waals surface area (Å²) in [6.45, 7) is 0. The number of benzene rings is 1. The zero-order valence-corrected chi connectivity index (χ0v) is 11.3. The molecule has 0 radical (unpaired) electrons. The first-order chi connectivity index (χ1) is 8.66. The Morgan fingerprint density at radius 1 is 1.06 bits per heavy atom. The van der Waals surface area contributed by atoms with Crippen LogP contribution in [0.3, 0.4) is 0 Å². The molecule has 1 aromatic heterocycles. The van der Waals surface area contributed by atoms with Crippen molar-refractivity contribution in [3.8, 4) is 0 Å². The van der Waals surface area contributed by atoms with Crippen molar-refractivity contribution in [1.82, 2.24) is 0 Å². The average molecular weight is 258 g/mol. The van der Waals surface area contributed by atoms with Gasteiger partial charge in [-0.1, -0.05) is 18.2 Å². The molecule has 0 spiro atoms. The van der Waals surface area contributed by atoms with Gasteiger partial charge in [0, 0.05) is 44.1 Å². The Kier molecular flexibility index (Phi) is 3.89. The van der Waals surface area contributed by atoms with Crippen molar-refractivity contribution in [2.24, 2.45) is 0 Å². The van der Waals surface area contributed by atoms with Crippen LogP contribution in [0.1, 0.15) is 0 Å². The lowest BCUT2D eigenvalue weighted by atomic mass is 10.3. The van der Waals surface area contributed by atoms with Crippen molar-refractivity contribution in [3.63, 3.8) is 0 Å². The molecule has 3 nitrogen and oxygen atoms in total. The Balaban J connectivity index is 2.10. The molecule has 92 valence electrons. The van der Waals surface area contributed by atoms with Gasteiger partial charge in [0.05, 0.1) is 12.4 Å². The maximum atomic E-state index is 5.35. The number of hydrogen-bond donors (Lipinski definition) is 1. The Morgan fingerprint density at radius 3 is 2.22 bits per heavy atom. The molecule has 2 aromatic rings. The average Bonchev–Trinajstić information content (AvgIpc) is 2.40. The standard InChI is InChI=1S/C14H15N3S/c1-16(2)13-8-10-17(11-9-13)14(18)15-12-6-4-3-5-7-12/h3-11H,1-2H3/p+1. The van der Waals surface area contributed by atoms with E-state index < -0.39 is 0 Å². The van der Waals surface area contributed by atoms with Gasteiger partial charge in [-0.2, -0.15) is 4.57 Å². The summed E-state index contributed by atoms with van der Waals surface area (Å²) in [5.41, 5.74) is 2.14. The number of nitrogens with zero attached hydrogens (tertiary/aromatic N) is 2. The summed E-state index contributed by atoms with van der Waals surface area (Å²) in [5.74, 6) is 0. The summed E-state index contributed by atoms with van der Waals surface area (Å²) in [5, 5.41) is 3.85. The van der Waals surface area contributed by atoms with Crippen LogP contribution in [0.5, 0.6) is 0 Å². The van der Waals surface area contributed by atoms with Crippen LogP contribution in [-0.4, -0.2) is 19.2 Å². The fourth-order valence-electron chi connectivity index (χ4n) is 1.56. The van der Waals surface area contributed by atoms with Gasteiger partial charge in [0.2, 0.25) is 0 Å². The normalized spacial score (nSPS) is 9.89. The van der Waals surface area contributed by atoms with Gasteiger partial charge in [0.1, 0.15) is 5.69 Å². The Hall–Kier alpha value is -1.94. The summed E-state index contributed by atoms with van der Waals surface area (Å²) in [4.78, 5) is 2.05. The molecule has 1 heterocycles. The van der Waals surface area contributed by atoms with Crippen molar-refractivity contribution in [2.45, 2.75) is 0 Å². The second-order valence-electron chi connectivity index (χ2n) is 4.15. The van der Waals surface area contributed by atoms with Crippen LogP contribution in [0, 0.1) is 0 Å². The maximum Gasteiger partial charge on any atom is 0.353 e. The monoisotopic (exact) mass is 258 g/mol. The molecule has 0 atom stereocenters. The molecule has 0 aliphatic carbocycles. The first-order valence-corrected chi connectivity index (χ1v) is 6.13. The number of thiocarbonyl (C=S) groups is 1. The van der Waals surface area contributed by atoms with Gasteiger partial charge < -0.3 is 4.90 Å². The number of rotatable bonds is 2. The SMILES string of the molecule is CN(C)c1cc[n+](C(=S)Nc2ccccc2)cc1.